The summed E-state index contributed by atoms with van der Waals surface area (Å²) in [4.78, 5) is 0. The SMILES string of the molecule is CC(C)OCCCNCCOc1ccc(F)cc1F. The maximum atomic E-state index is 13.2. The first-order valence-electron chi connectivity index (χ1n) is 6.49. The summed E-state index contributed by atoms with van der Waals surface area (Å²) >= 11 is 0. The van der Waals surface area contributed by atoms with Crippen LogP contribution in [-0.4, -0.2) is 32.4 Å². The molecule has 1 aromatic rings. The molecule has 108 valence electrons. The van der Waals surface area contributed by atoms with Gasteiger partial charge in [-0.25, -0.2) is 8.78 Å². The van der Waals surface area contributed by atoms with Crippen LogP contribution in [0.2, 0.25) is 0 Å². The van der Waals surface area contributed by atoms with E-state index in [0.29, 0.717) is 13.2 Å². The van der Waals surface area contributed by atoms with Crippen LogP contribution in [0.3, 0.4) is 0 Å². The molecule has 1 N–H and O–H groups in total. The Morgan fingerprint density at radius 3 is 2.63 bits per heavy atom. The van der Waals surface area contributed by atoms with E-state index in [4.69, 9.17) is 9.47 Å². The molecular formula is C14H21F2NO2. The molecule has 0 amide bonds. The molecule has 0 bridgehead atoms. The van der Waals surface area contributed by atoms with Crippen molar-refractivity contribution in [2.24, 2.45) is 0 Å². The zero-order valence-corrected chi connectivity index (χ0v) is 11.4. The Morgan fingerprint density at radius 2 is 1.95 bits per heavy atom. The molecule has 0 aliphatic heterocycles. The molecule has 0 radical (unpaired) electrons. The van der Waals surface area contributed by atoms with Gasteiger partial charge in [0.25, 0.3) is 0 Å². The zero-order chi connectivity index (χ0) is 14.1. The molecule has 0 aromatic heterocycles. The molecule has 1 aromatic carbocycles. The summed E-state index contributed by atoms with van der Waals surface area (Å²) in [6.45, 7) is 6.49. The van der Waals surface area contributed by atoms with Crippen LogP contribution >= 0.6 is 0 Å². The van der Waals surface area contributed by atoms with Crippen LogP contribution in [0.4, 0.5) is 8.78 Å². The fraction of sp³-hybridized carbons (Fsp3) is 0.571. The number of benzene rings is 1. The molecule has 19 heavy (non-hydrogen) atoms. The molecule has 0 aliphatic rings. The van der Waals surface area contributed by atoms with Gasteiger partial charge in [-0.15, -0.1) is 0 Å². The molecule has 0 spiro atoms. The Hall–Kier alpha value is -1.20. The van der Waals surface area contributed by atoms with Crippen LogP contribution in [0.15, 0.2) is 18.2 Å². The number of rotatable bonds is 9. The van der Waals surface area contributed by atoms with Crippen molar-refractivity contribution in [3.05, 3.63) is 29.8 Å². The number of nitrogens with one attached hydrogen (secondary N) is 1. The fourth-order valence-corrected chi connectivity index (χ4v) is 1.47. The van der Waals surface area contributed by atoms with Gasteiger partial charge in [-0.3, -0.25) is 0 Å². The highest BCUT2D eigenvalue weighted by molar-refractivity contribution is 5.24. The summed E-state index contributed by atoms with van der Waals surface area (Å²) in [5, 5.41) is 3.16. The quantitative estimate of drug-likeness (QED) is 0.702. The summed E-state index contributed by atoms with van der Waals surface area (Å²) in [5.74, 6) is -1.20. The number of ether oxygens (including phenoxy) is 2. The monoisotopic (exact) mass is 273 g/mol. The average molecular weight is 273 g/mol. The van der Waals surface area contributed by atoms with Gasteiger partial charge in [0, 0.05) is 19.2 Å². The van der Waals surface area contributed by atoms with E-state index in [-0.39, 0.29) is 11.9 Å². The van der Waals surface area contributed by atoms with Crippen molar-refractivity contribution in [3.8, 4) is 5.75 Å². The second-order valence-electron chi connectivity index (χ2n) is 4.45. The minimum atomic E-state index is -0.676. The first-order valence-corrected chi connectivity index (χ1v) is 6.49. The average Bonchev–Trinajstić information content (AvgIpc) is 2.34. The van der Waals surface area contributed by atoms with Crippen molar-refractivity contribution in [1.29, 1.82) is 0 Å². The van der Waals surface area contributed by atoms with Crippen molar-refractivity contribution < 1.29 is 18.3 Å². The molecular weight excluding hydrogens is 252 g/mol. The highest BCUT2D eigenvalue weighted by Crippen LogP contribution is 2.17. The summed E-state index contributed by atoms with van der Waals surface area (Å²) in [6, 6.07) is 3.28. The molecule has 0 atom stereocenters. The van der Waals surface area contributed by atoms with Crippen molar-refractivity contribution in [3.63, 3.8) is 0 Å². The van der Waals surface area contributed by atoms with Crippen LogP contribution in [0, 0.1) is 11.6 Å². The Balaban J connectivity index is 2.04. The predicted octanol–water partition coefficient (Wildman–Crippen LogP) is 2.75. The van der Waals surface area contributed by atoms with Gasteiger partial charge >= 0.3 is 0 Å². The lowest BCUT2D eigenvalue weighted by atomic mass is 10.3. The van der Waals surface area contributed by atoms with Crippen molar-refractivity contribution in [2.45, 2.75) is 26.4 Å². The van der Waals surface area contributed by atoms with E-state index in [1.807, 2.05) is 13.8 Å². The van der Waals surface area contributed by atoms with E-state index in [2.05, 4.69) is 5.32 Å². The van der Waals surface area contributed by atoms with Crippen molar-refractivity contribution >= 4 is 0 Å². The highest BCUT2D eigenvalue weighted by Gasteiger charge is 2.03. The lowest BCUT2D eigenvalue weighted by molar-refractivity contribution is 0.0769. The van der Waals surface area contributed by atoms with Gasteiger partial charge in [-0.1, -0.05) is 0 Å². The fourth-order valence-electron chi connectivity index (χ4n) is 1.47. The van der Waals surface area contributed by atoms with Crippen LogP contribution in [0.25, 0.3) is 0 Å². The Labute approximate surface area is 112 Å². The van der Waals surface area contributed by atoms with Crippen LogP contribution in [0.1, 0.15) is 20.3 Å². The molecule has 0 unspecified atom stereocenters. The maximum Gasteiger partial charge on any atom is 0.167 e. The molecule has 5 heteroatoms. The minimum absolute atomic E-state index is 0.0753. The highest BCUT2D eigenvalue weighted by atomic mass is 19.1. The second kappa shape index (κ2) is 8.82. The van der Waals surface area contributed by atoms with E-state index in [9.17, 15) is 8.78 Å². The number of hydrogen-bond acceptors (Lipinski definition) is 3. The normalized spacial score (nSPS) is 11.0. The molecule has 0 aliphatic carbocycles. The topological polar surface area (TPSA) is 30.5 Å². The van der Waals surface area contributed by atoms with Gasteiger partial charge < -0.3 is 14.8 Å². The van der Waals surface area contributed by atoms with Gasteiger partial charge in [-0.05, 0) is 38.9 Å². The molecule has 1 rings (SSSR count). The van der Waals surface area contributed by atoms with Gasteiger partial charge in [0.1, 0.15) is 12.4 Å². The van der Waals surface area contributed by atoms with Crippen LogP contribution < -0.4 is 10.1 Å². The predicted molar refractivity (Wildman–Crippen MR) is 70.4 cm³/mol. The van der Waals surface area contributed by atoms with Crippen molar-refractivity contribution in [2.75, 3.05) is 26.3 Å². The minimum Gasteiger partial charge on any atom is -0.489 e. The lowest BCUT2D eigenvalue weighted by Crippen LogP contribution is -2.23. The summed E-state index contributed by atoms with van der Waals surface area (Å²) in [7, 11) is 0. The molecule has 0 saturated carbocycles. The zero-order valence-electron chi connectivity index (χ0n) is 11.4. The van der Waals surface area contributed by atoms with Crippen LogP contribution in [-0.2, 0) is 4.74 Å². The standard InChI is InChI=1S/C14H21F2NO2/c1-11(2)18-8-3-6-17-7-9-19-14-5-4-12(15)10-13(14)16/h4-5,10-11,17H,3,6-9H2,1-2H3. The summed E-state index contributed by atoms with van der Waals surface area (Å²) in [6.07, 6.45) is 1.17. The molecule has 0 saturated heterocycles. The smallest absolute Gasteiger partial charge is 0.167 e. The molecule has 0 heterocycles. The number of halogens is 2. The summed E-state index contributed by atoms with van der Waals surface area (Å²) in [5.41, 5.74) is 0. The third kappa shape index (κ3) is 7.08. The Bertz CT molecular complexity index is 372. The van der Waals surface area contributed by atoms with Crippen molar-refractivity contribution in [1.82, 2.24) is 5.32 Å². The van der Waals surface area contributed by atoms with E-state index in [1.165, 1.54) is 12.1 Å². The van der Waals surface area contributed by atoms with Gasteiger partial charge in [-0.2, -0.15) is 0 Å². The van der Waals surface area contributed by atoms with E-state index in [1.54, 1.807) is 0 Å². The van der Waals surface area contributed by atoms with Gasteiger partial charge in [0.15, 0.2) is 11.6 Å². The maximum absolute atomic E-state index is 13.2. The first kappa shape index (κ1) is 15.9. The largest absolute Gasteiger partial charge is 0.489 e. The number of hydrogen-bond donors (Lipinski definition) is 1. The van der Waals surface area contributed by atoms with Gasteiger partial charge in [0.2, 0.25) is 0 Å². The first-order chi connectivity index (χ1) is 9.09. The Kier molecular flexibility index (Phi) is 7.36. The summed E-state index contributed by atoms with van der Waals surface area (Å²) < 4.78 is 36.4. The second-order valence-corrected chi connectivity index (χ2v) is 4.45. The third-order valence-corrected chi connectivity index (χ3v) is 2.38. The van der Waals surface area contributed by atoms with Gasteiger partial charge in [0.05, 0.1) is 6.10 Å². The van der Waals surface area contributed by atoms with E-state index in [0.717, 1.165) is 25.6 Å². The Morgan fingerprint density at radius 1 is 1.16 bits per heavy atom. The lowest BCUT2D eigenvalue weighted by Gasteiger charge is -2.09. The van der Waals surface area contributed by atoms with Crippen LogP contribution in [0.5, 0.6) is 5.75 Å². The third-order valence-electron chi connectivity index (χ3n) is 2.38. The van der Waals surface area contributed by atoms with E-state index >= 15 is 0 Å². The van der Waals surface area contributed by atoms with E-state index < -0.39 is 11.6 Å². The molecule has 3 nitrogen and oxygen atoms in total. The molecule has 0 fully saturated rings.